The first-order chi connectivity index (χ1) is 8.16. The number of rotatable bonds is 5. The molecule has 6 heteroatoms. The minimum atomic E-state index is -3.77. The Labute approximate surface area is 107 Å². The quantitative estimate of drug-likeness (QED) is 0.888. The summed E-state index contributed by atoms with van der Waals surface area (Å²) < 4.78 is 38.7. The fourth-order valence-corrected chi connectivity index (χ4v) is 3.21. The zero-order chi connectivity index (χ0) is 14.0. The Morgan fingerprint density at radius 3 is 2.44 bits per heavy atom. The molecule has 0 aliphatic rings. The number of halogens is 1. The van der Waals surface area contributed by atoms with Crippen molar-refractivity contribution in [2.24, 2.45) is 0 Å². The minimum absolute atomic E-state index is 0.0393. The van der Waals surface area contributed by atoms with Crippen molar-refractivity contribution in [3.8, 4) is 0 Å². The number of benzene rings is 1. The van der Waals surface area contributed by atoms with Crippen LogP contribution in [-0.4, -0.2) is 36.5 Å². The Balaban J connectivity index is 3.11. The fraction of sp³-hybridized carbons (Fsp3) is 0.500. The highest BCUT2D eigenvalue weighted by Gasteiger charge is 2.28. The van der Waals surface area contributed by atoms with Crippen molar-refractivity contribution in [1.82, 2.24) is 4.31 Å². The Bertz CT molecular complexity index is 508. The first-order valence-electron chi connectivity index (χ1n) is 5.65. The topological polar surface area (TPSA) is 57.6 Å². The lowest BCUT2D eigenvalue weighted by atomic mass is 10.1. The number of hydrogen-bond acceptors (Lipinski definition) is 3. The summed E-state index contributed by atoms with van der Waals surface area (Å²) in [5, 5.41) is 9.70. The maximum atomic E-state index is 13.1. The molecule has 0 heterocycles. The van der Waals surface area contributed by atoms with E-state index in [1.807, 2.05) is 0 Å². The molecule has 0 spiro atoms. The molecule has 4 nitrogen and oxygen atoms in total. The highest BCUT2D eigenvalue weighted by molar-refractivity contribution is 7.89. The smallest absolute Gasteiger partial charge is 0.243 e. The van der Waals surface area contributed by atoms with Gasteiger partial charge in [-0.15, -0.1) is 0 Å². The van der Waals surface area contributed by atoms with Crippen LogP contribution in [0.3, 0.4) is 0 Å². The van der Waals surface area contributed by atoms with E-state index in [2.05, 4.69) is 0 Å². The first kappa shape index (κ1) is 15.1. The molecular weight excluding hydrogens is 257 g/mol. The van der Waals surface area contributed by atoms with Gasteiger partial charge in [-0.3, -0.25) is 0 Å². The lowest BCUT2D eigenvalue weighted by Gasteiger charge is -2.27. The predicted octanol–water partition coefficient (Wildman–Crippen LogP) is 1.61. The van der Waals surface area contributed by atoms with Crippen molar-refractivity contribution in [3.05, 3.63) is 30.1 Å². The van der Waals surface area contributed by atoms with Crippen molar-refractivity contribution < 1.29 is 17.9 Å². The molecule has 1 N–H and O–H groups in total. The van der Waals surface area contributed by atoms with Gasteiger partial charge in [-0.2, -0.15) is 4.31 Å². The Hall–Kier alpha value is -0.980. The van der Waals surface area contributed by atoms with E-state index in [1.54, 1.807) is 6.92 Å². The van der Waals surface area contributed by atoms with Crippen LogP contribution in [0.4, 0.5) is 4.39 Å². The molecule has 0 aliphatic carbocycles. The monoisotopic (exact) mass is 275 g/mol. The van der Waals surface area contributed by atoms with Crippen LogP contribution in [0.25, 0.3) is 0 Å². The summed E-state index contributed by atoms with van der Waals surface area (Å²) in [4.78, 5) is -0.103. The number of likely N-dealkylation sites (N-methyl/N-ethyl adjacent to an activating group) is 1. The summed E-state index contributed by atoms with van der Waals surface area (Å²) in [5.41, 5.74) is -1.14. The van der Waals surface area contributed by atoms with Gasteiger partial charge in [-0.05, 0) is 32.0 Å². The average Bonchev–Trinajstić information content (AvgIpc) is 2.24. The van der Waals surface area contributed by atoms with Gasteiger partial charge in [0.15, 0.2) is 0 Å². The van der Waals surface area contributed by atoms with Gasteiger partial charge < -0.3 is 5.11 Å². The van der Waals surface area contributed by atoms with E-state index in [1.165, 1.54) is 32.0 Å². The van der Waals surface area contributed by atoms with E-state index in [0.29, 0.717) is 0 Å². The molecule has 0 unspecified atom stereocenters. The van der Waals surface area contributed by atoms with Crippen LogP contribution in [0.5, 0.6) is 0 Å². The third-order valence-corrected chi connectivity index (χ3v) is 4.27. The molecule has 1 aromatic carbocycles. The first-order valence-corrected chi connectivity index (χ1v) is 7.09. The molecular formula is C12H18FNO3S. The maximum absolute atomic E-state index is 13.1. The van der Waals surface area contributed by atoms with E-state index in [-0.39, 0.29) is 18.0 Å². The third-order valence-electron chi connectivity index (χ3n) is 2.35. The van der Waals surface area contributed by atoms with Crippen LogP contribution in [0.2, 0.25) is 0 Å². The van der Waals surface area contributed by atoms with E-state index >= 15 is 0 Å². The minimum Gasteiger partial charge on any atom is -0.389 e. The van der Waals surface area contributed by atoms with Gasteiger partial charge in [-0.25, -0.2) is 12.8 Å². The van der Waals surface area contributed by atoms with Crippen molar-refractivity contribution >= 4 is 10.0 Å². The molecule has 0 amide bonds. The largest absolute Gasteiger partial charge is 0.389 e. The molecule has 1 aromatic rings. The van der Waals surface area contributed by atoms with E-state index in [9.17, 15) is 17.9 Å². The third kappa shape index (κ3) is 3.76. The highest BCUT2D eigenvalue weighted by atomic mass is 32.2. The molecule has 0 aliphatic heterocycles. The Morgan fingerprint density at radius 2 is 2.00 bits per heavy atom. The fourth-order valence-electron chi connectivity index (χ4n) is 1.57. The second-order valence-electron chi connectivity index (χ2n) is 4.70. The molecule has 0 aromatic heterocycles. The summed E-state index contributed by atoms with van der Waals surface area (Å²) >= 11 is 0. The van der Waals surface area contributed by atoms with Gasteiger partial charge in [0.2, 0.25) is 10.0 Å². The van der Waals surface area contributed by atoms with Crippen molar-refractivity contribution in [3.63, 3.8) is 0 Å². The average molecular weight is 275 g/mol. The molecule has 1 rings (SSSR count). The van der Waals surface area contributed by atoms with Crippen molar-refractivity contribution in [2.75, 3.05) is 13.1 Å². The Kier molecular flexibility index (Phi) is 4.47. The summed E-state index contributed by atoms with van der Waals surface area (Å²) in [6, 6.07) is 4.85. The van der Waals surface area contributed by atoms with E-state index in [4.69, 9.17) is 0 Å². The maximum Gasteiger partial charge on any atom is 0.243 e. The van der Waals surface area contributed by atoms with Gasteiger partial charge in [0.25, 0.3) is 0 Å². The molecule has 0 saturated carbocycles. The van der Waals surface area contributed by atoms with Gasteiger partial charge in [0.1, 0.15) is 5.82 Å². The normalized spacial score (nSPS) is 13.0. The van der Waals surface area contributed by atoms with Crippen LogP contribution in [-0.2, 0) is 10.0 Å². The lowest BCUT2D eigenvalue weighted by molar-refractivity contribution is 0.0601. The molecule has 0 atom stereocenters. The number of aliphatic hydroxyl groups is 1. The molecule has 0 radical (unpaired) electrons. The van der Waals surface area contributed by atoms with Crippen LogP contribution < -0.4 is 0 Å². The molecule has 102 valence electrons. The van der Waals surface area contributed by atoms with Gasteiger partial charge >= 0.3 is 0 Å². The molecule has 0 saturated heterocycles. The second kappa shape index (κ2) is 5.34. The molecule has 18 heavy (non-hydrogen) atoms. The van der Waals surface area contributed by atoms with Gasteiger partial charge in [-0.1, -0.05) is 13.0 Å². The second-order valence-corrected chi connectivity index (χ2v) is 6.64. The number of hydrogen-bond donors (Lipinski definition) is 1. The van der Waals surface area contributed by atoms with Crippen LogP contribution in [0.1, 0.15) is 20.8 Å². The summed E-state index contributed by atoms with van der Waals surface area (Å²) in [7, 11) is -3.77. The van der Waals surface area contributed by atoms with Crippen molar-refractivity contribution in [2.45, 2.75) is 31.3 Å². The van der Waals surface area contributed by atoms with Crippen molar-refractivity contribution in [1.29, 1.82) is 0 Å². The number of nitrogens with zero attached hydrogens (tertiary/aromatic N) is 1. The standard InChI is InChI=1S/C12H18FNO3S/c1-4-14(9-12(2,3)15)18(16,17)11-7-5-6-10(13)8-11/h5-8,15H,4,9H2,1-3H3. The predicted molar refractivity (Wildman–Crippen MR) is 67.1 cm³/mol. The van der Waals surface area contributed by atoms with E-state index < -0.39 is 21.4 Å². The highest BCUT2D eigenvalue weighted by Crippen LogP contribution is 2.18. The van der Waals surface area contributed by atoms with Crippen LogP contribution in [0.15, 0.2) is 29.2 Å². The molecule has 0 bridgehead atoms. The van der Waals surface area contributed by atoms with Crippen LogP contribution in [0, 0.1) is 5.82 Å². The summed E-state index contributed by atoms with van der Waals surface area (Å²) in [6.07, 6.45) is 0. The number of sulfonamides is 1. The molecule has 0 fully saturated rings. The lowest BCUT2D eigenvalue weighted by Crippen LogP contribution is -2.42. The van der Waals surface area contributed by atoms with Gasteiger partial charge in [0, 0.05) is 13.1 Å². The van der Waals surface area contributed by atoms with Gasteiger partial charge in [0.05, 0.1) is 10.5 Å². The SMILES string of the molecule is CCN(CC(C)(C)O)S(=O)(=O)c1cccc(F)c1. The summed E-state index contributed by atoms with van der Waals surface area (Å²) in [6.45, 7) is 4.89. The zero-order valence-corrected chi connectivity index (χ0v) is 11.5. The zero-order valence-electron chi connectivity index (χ0n) is 10.7. The van der Waals surface area contributed by atoms with E-state index in [0.717, 1.165) is 10.4 Å². The Morgan fingerprint density at radius 1 is 1.39 bits per heavy atom. The van der Waals surface area contributed by atoms with Crippen LogP contribution >= 0.6 is 0 Å². The summed E-state index contributed by atoms with van der Waals surface area (Å²) in [5.74, 6) is -0.601.